The molecule has 0 aliphatic carbocycles. The quantitative estimate of drug-likeness (QED) is 0.643. The van der Waals surface area contributed by atoms with E-state index < -0.39 is 17.5 Å². The molecule has 0 radical (unpaired) electrons. The molecule has 0 saturated carbocycles. The van der Waals surface area contributed by atoms with Gasteiger partial charge in [-0.25, -0.2) is 0 Å². The number of methoxy groups -OCH3 is 1. The first-order valence-corrected chi connectivity index (χ1v) is 6.67. The van der Waals surface area contributed by atoms with Crippen molar-refractivity contribution in [2.75, 3.05) is 13.7 Å². The minimum atomic E-state index is -0.928. The van der Waals surface area contributed by atoms with Crippen molar-refractivity contribution in [3.05, 3.63) is 29.3 Å². The highest BCUT2D eigenvalue weighted by molar-refractivity contribution is 6.30. The van der Waals surface area contributed by atoms with Gasteiger partial charge >= 0.3 is 5.97 Å². The standard InChI is InChI=1S/C13H15Cl2NO4/c1-8(20-10-5-3-4-9(14)6-10)12(17)16-7-11(15)13(18)19-2/h3-6,8,11H,7H2,1-2H3,(H,16,17). The Balaban J connectivity index is 2.45. The van der Waals surface area contributed by atoms with Crippen LogP contribution in [0.15, 0.2) is 24.3 Å². The third-order valence-corrected chi connectivity index (χ3v) is 2.96. The van der Waals surface area contributed by atoms with Crippen LogP contribution < -0.4 is 10.1 Å². The SMILES string of the molecule is COC(=O)C(Cl)CNC(=O)C(C)Oc1cccc(Cl)c1. The summed E-state index contributed by atoms with van der Waals surface area (Å²) in [6, 6.07) is 6.71. The van der Waals surface area contributed by atoms with Gasteiger partial charge in [-0.15, -0.1) is 11.6 Å². The molecule has 0 aromatic heterocycles. The van der Waals surface area contributed by atoms with Gasteiger partial charge in [-0.1, -0.05) is 17.7 Å². The van der Waals surface area contributed by atoms with Crippen molar-refractivity contribution >= 4 is 35.1 Å². The number of hydrogen-bond acceptors (Lipinski definition) is 4. The van der Waals surface area contributed by atoms with Gasteiger partial charge in [0.05, 0.1) is 7.11 Å². The van der Waals surface area contributed by atoms with E-state index in [2.05, 4.69) is 10.1 Å². The lowest BCUT2D eigenvalue weighted by molar-refractivity contribution is -0.140. The van der Waals surface area contributed by atoms with Crippen LogP contribution in [0, 0.1) is 0 Å². The maximum atomic E-state index is 11.8. The highest BCUT2D eigenvalue weighted by Crippen LogP contribution is 2.18. The van der Waals surface area contributed by atoms with Crippen LogP contribution in [0.4, 0.5) is 0 Å². The van der Waals surface area contributed by atoms with Gasteiger partial charge in [0, 0.05) is 11.6 Å². The second kappa shape index (κ2) is 7.97. The summed E-state index contributed by atoms with van der Waals surface area (Å²) < 4.78 is 9.87. The molecule has 0 aliphatic rings. The Hall–Kier alpha value is -1.46. The number of amides is 1. The van der Waals surface area contributed by atoms with Crippen LogP contribution in [0.3, 0.4) is 0 Å². The predicted molar refractivity (Wildman–Crippen MR) is 76.2 cm³/mol. The Morgan fingerprint density at radius 2 is 2.10 bits per heavy atom. The third kappa shape index (κ3) is 5.27. The number of nitrogens with one attached hydrogen (secondary N) is 1. The lowest BCUT2D eigenvalue weighted by Crippen LogP contribution is -2.41. The zero-order valence-corrected chi connectivity index (χ0v) is 12.6. The molecule has 1 aromatic rings. The molecule has 0 heterocycles. The first-order chi connectivity index (χ1) is 9.43. The van der Waals surface area contributed by atoms with Gasteiger partial charge in [0.1, 0.15) is 11.1 Å². The summed E-state index contributed by atoms with van der Waals surface area (Å²) in [5.41, 5.74) is 0. The van der Waals surface area contributed by atoms with E-state index in [1.165, 1.54) is 7.11 Å². The summed E-state index contributed by atoms with van der Waals surface area (Å²) in [5, 5.41) is 2.09. The van der Waals surface area contributed by atoms with E-state index in [1.807, 2.05) is 0 Å². The first-order valence-electron chi connectivity index (χ1n) is 5.86. The van der Waals surface area contributed by atoms with Gasteiger partial charge in [-0.3, -0.25) is 9.59 Å². The largest absolute Gasteiger partial charge is 0.481 e. The van der Waals surface area contributed by atoms with Gasteiger partial charge in [0.25, 0.3) is 5.91 Å². The van der Waals surface area contributed by atoms with E-state index >= 15 is 0 Å². The number of carbonyl (C=O) groups excluding carboxylic acids is 2. The van der Waals surface area contributed by atoms with E-state index in [0.717, 1.165) is 0 Å². The fourth-order valence-electron chi connectivity index (χ4n) is 1.34. The fraction of sp³-hybridized carbons (Fsp3) is 0.385. The lowest BCUT2D eigenvalue weighted by atomic mass is 10.3. The minimum Gasteiger partial charge on any atom is -0.481 e. The van der Waals surface area contributed by atoms with Gasteiger partial charge in [-0.2, -0.15) is 0 Å². The zero-order chi connectivity index (χ0) is 15.1. The van der Waals surface area contributed by atoms with Gasteiger partial charge in [0.15, 0.2) is 6.10 Å². The zero-order valence-electron chi connectivity index (χ0n) is 11.1. The molecular formula is C13H15Cl2NO4. The van der Waals surface area contributed by atoms with Crippen molar-refractivity contribution in [1.29, 1.82) is 0 Å². The number of alkyl halides is 1. The van der Waals surface area contributed by atoms with Gasteiger partial charge in [-0.05, 0) is 25.1 Å². The summed E-state index contributed by atoms with van der Waals surface area (Å²) in [6.07, 6.45) is -0.741. The molecular weight excluding hydrogens is 305 g/mol. The summed E-state index contributed by atoms with van der Waals surface area (Å²) in [4.78, 5) is 22.8. The molecule has 1 amide bonds. The van der Waals surface area contributed by atoms with E-state index in [0.29, 0.717) is 10.8 Å². The molecule has 0 saturated heterocycles. The van der Waals surface area contributed by atoms with Crippen molar-refractivity contribution in [3.63, 3.8) is 0 Å². The fourth-order valence-corrected chi connectivity index (χ4v) is 1.69. The molecule has 0 aliphatic heterocycles. The van der Waals surface area contributed by atoms with Crippen molar-refractivity contribution in [2.45, 2.75) is 18.4 Å². The van der Waals surface area contributed by atoms with Crippen LogP contribution in [-0.4, -0.2) is 37.0 Å². The average molecular weight is 320 g/mol. The van der Waals surface area contributed by atoms with Crippen LogP contribution in [0.1, 0.15) is 6.92 Å². The maximum Gasteiger partial charge on any atom is 0.325 e. The second-order valence-electron chi connectivity index (χ2n) is 3.95. The molecule has 7 heteroatoms. The molecule has 0 spiro atoms. The Labute approximate surface area is 127 Å². The van der Waals surface area contributed by atoms with Crippen molar-refractivity contribution in [1.82, 2.24) is 5.32 Å². The van der Waals surface area contributed by atoms with Gasteiger partial charge < -0.3 is 14.8 Å². The number of halogens is 2. The first kappa shape index (κ1) is 16.6. The smallest absolute Gasteiger partial charge is 0.325 e. The minimum absolute atomic E-state index is 0.0314. The topological polar surface area (TPSA) is 64.6 Å². The lowest BCUT2D eigenvalue weighted by Gasteiger charge is -2.15. The number of rotatable bonds is 6. The number of ether oxygens (including phenoxy) is 2. The molecule has 2 atom stereocenters. The molecule has 0 bridgehead atoms. The summed E-state index contributed by atoms with van der Waals surface area (Å²) >= 11 is 11.5. The number of hydrogen-bond donors (Lipinski definition) is 1. The average Bonchev–Trinajstić information content (AvgIpc) is 2.43. The molecule has 1 N–H and O–H groups in total. The Morgan fingerprint density at radius 1 is 1.40 bits per heavy atom. The molecule has 110 valence electrons. The molecule has 2 unspecified atom stereocenters. The monoisotopic (exact) mass is 319 g/mol. The summed E-state index contributed by atoms with van der Waals surface area (Å²) in [6.45, 7) is 1.55. The van der Waals surface area contributed by atoms with Gasteiger partial charge in [0.2, 0.25) is 0 Å². The van der Waals surface area contributed by atoms with E-state index in [9.17, 15) is 9.59 Å². The van der Waals surface area contributed by atoms with Crippen LogP contribution in [-0.2, 0) is 14.3 Å². The highest BCUT2D eigenvalue weighted by atomic mass is 35.5. The maximum absolute atomic E-state index is 11.8. The van der Waals surface area contributed by atoms with Crippen molar-refractivity contribution in [2.24, 2.45) is 0 Å². The Morgan fingerprint density at radius 3 is 2.70 bits per heavy atom. The Kier molecular flexibility index (Phi) is 6.61. The Bertz CT molecular complexity index is 481. The second-order valence-corrected chi connectivity index (χ2v) is 4.92. The molecule has 1 aromatic carbocycles. The van der Waals surface area contributed by atoms with Crippen LogP contribution >= 0.6 is 23.2 Å². The molecule has 5 nitrogen and oxygen atoms in total. The van der Waals surface area contributed by atoms with Crippen molar-refractivity contribution in [3.8, 4) is 5.75 Å². The summed E-state index contributed by atoms with van der Waals surface area (Å²) in [5.74, 6) is -0.509. The molecule has 1 rings (SSSR count). The normalized spacial score (nSPS) is 13.2. The highest BCUT2D eigenvalue weighted by Gasteiger charge is 2.20. The number of esters is 1. The molecule has 20 heavy (non-hydrogen) atoms. The number of benzene rings is 1. The van der Waals surface area contributed by atoms with Crippen molar-refractivity contribution < 1.29 is 19.1 Å². The van der Waals surface area contributed by atoms with Crippen LogP contribution in [0.25, 0.3) is 0 Å². The predicted octanol–water partition coefficient (Wildman–Crippen LogP) is 2.00. The third-order valence-electron chi connectivity index (χ3n) is 2.39. The van der Waals surface area contributed by atoms with E-state index in [4.69, 9.17) is 27.9 Å². The van der Waals surface area contributed by atoms with E-state index in [-0.39, 0.29) is 12.5 Å². The summed E-state index contributed by atoms with van der Waals surface area (Å²) in [7, 11) is 1.23. The van der Waals surface area contributed by atoms with Crippen LogP contribution in [0.5, 0.6) is 5.75 Å². The molecule has 0 fully saturated rings. The van der Waals surface area contributed by atoms with Crippen LogP contribution in [0.2, 0.25) is 5.02 Å². The van der Waals surface area contributed by atoms with E-state index in [1.54, 1.807) is 31.2 Å². The number of carbonyl (C=O) groups is 2.